The summed E-state index contributed by atoms with van der Waals surface area (Å²) in [5.41, 5.74) is 3.13. The van der Waals surface area contributed by atoms with Crippen molar-refractivity contribution in [3.8, 4) is 0 Å². The number of carbonyl (C=O) groups excluding carboxylic acids is 2. The van der Waals surface area contributed by atoms with Crippen LogP contribution in [-0.4, -0.2) is 36.7 Å². The van der Waals surface area contributed by atoms with E-state index in [-0.39, 0.29) is 23.3 Å². The average Bonchev–Trinajstić information content (AvgIpc) is 2.55. The van der Waals surface area contributed by atoms with Crippen LogP contribution in [0.25, 0.3) is 0 Å². The number of hydrogen-bond acceptors (Lipinski definition) is 4. The molecule has 1 amide bonds. The summed E-state index contributed by atoms with van der Waals surface area (Å²) >= 11 is 0. The van der Waals surface area contributed by atoms with Crippen LogP contribution in [0.3, 0.4) is 0 Å². The van der Waals surface area contributed by atoms with Gasteiger partial charge in [0, 0.05) is 5.56 Å². The smallest absolute Gasteiger partial charge is 0.336 e. The maximum Gasteiger partial charge on any atom is 0.336 e. The number of amides is 1. The average molecular weight is 333 g/mol. The number of nitrogens with one attached hydrogen (secondary N) is 1. The first-order valence-corrected chi connectivity index (χ1v) is 8.27. The van der Waals surface area contributed by atoms with Gasteiger partial charge in [-0.05, 0) is 46.9 Å². The molecule has 0 bridgehead atoms. The summed E-state index contributed by atoms with van der Waals surface area (Å²) < 4.78 is 4.43. The molecule has 1 aromatic carbocycles. The first-order valence-electron chi connectivity index (χ1n) is 8.27. The van der Waals surface area contributed by atoms with Gasteiger partial charge in [0.1, 0.15) is 0 Å². The van der Waals surface area contributed by atoms with Crippen LogP contribution >= 0.6 is 0 Å². The molecule has 1 atom stereocenters. The topological polar surface area (TPSA) is 75.6 Å². The van der Waals surface area contributed by atoms with Crippen molar-refractivity contribution in [1.29, 1.82) is 0 Å². The van der Waals surface area contributed by atoms with Gasteiger partial charge in [-0.1, -0.05) is 33.8 Å². The van der Waals surface area contributed by atoms with Crippen molar-refractivity contribution in [2.75, 3.05) is 13.7 Å². The van der Waals surface area contributed by atoms with Gasteiger partial charge in [-0.15, -0.1) is 0 Å². The van der Waals surface area contributed by atoms with Gasteiger partial charge >= 0.3 is 5.97 Å². The van der Waals surface area contributed by atoms with Crippen LogP contribution < -0.4 is 5.32 Å². The second kappa shape index (κ2) is 6.55. The lowest BCUT2D eigenvalue weighted by atomic mass is 9.63. The number of methoxy groups -OCH3 is 1. The molecule has 0 fully saturated rings. The molecule has 2 N–H and O–H groups in total. The number of ether oxygens (including phenoxy) is 1. The number of benzene rings is 1. The lowest BCUT2D eigenvalue weighted by Gasteiger charge is -2.42. The van der Waals surface area contributed by atoms with Gasteiger partial charge in [-0.2, -0.15) is 0 Å². The Morgan fingerprint density at radius 1 is 1.17 bits per heavy atom. The Hall–Kier alpha value is -1.88. The van der Waals surface area contributed by atoms with Crippen molar-refractivity contribution in [3.63, 3.8) is 0 Å². The van der Waals surface area contributed by atoms with Gasteiger partial charge in [0.25, 0.3) is 5.91 Å². The van der Waals surface area contributed by atoms with E-state index in [1.165, 1.54) is 18.2 Å². The number of rotatable bonds is 4. The van der Waals surface area contributed by atoms with Gasteiger partial charge in [0.15, 0.2) is 6.10 Å². The molecule has 5 heteroatoms. The van der Waals surface area contributed by atoms with Crippen molar-refractivity contribution in [1.82, 2.24) is 5.32 Å². The summed E-state index contributed by atoms with van der Waals surface area (Å²) in [5.74, 6) is -1.07. The lowest BCUT2D eigenvalue weighted by Crippen LogP contribution is -2.38. The van der Waals surface area contributed by atoms with E-state index in [4.69, 9.17) is 0 Å². The second-order valence-electron chi connectivity index (χ2n) is 7.78. The minimum Gasteiger partial charge on any atom is -0.467 e. The van der Waals surface area contributed by atoms with Crippen LogP contribution in [0.1, 0.15) is 62.0 Å². The molecule has 0 saturated heterocycles. The highest BCUT2D eigenvalue weighted by Gasteiger charge is 2.37. The molecule has 0 spiro atoms. The molecule has 24 heavy (non-hydrogen) atoms. The molecular formula is C19H27NO4. The van der Waals surface area contributed by atoms with E-state index < -0.39 is 12.1 Å². The third kappa shape index (κ3) is 3.61. The molecular weight excluding hydrogens is 306 g/mol. The molecule has 0 aliphatic heterocycles. The van der Waals surface area contributed by atoms with E-state index >= 15 is 0 Å². The van der Waals surface area contributed by atoms with Crippen LogP contribution in [0.5, 0.6) is 0 Å². The van der Waals surface area contributed by atoms with E-state index in [0.717, 1.165) is 12.8 Å². The Morgan fingerprint density at radius 2 is 1.75 bits per heavy atom. The first-order chi connectivity index (χ1) is 11.1. The highest BCUT2D eigenvalue weighted by Crippen LogP contribution is 2.45. The van der Waals surface area contributed by atoms with Crippen molar-refractivity contribution in [2.45, 2.75) is 57.5 Å². The monoisotopic (exact) mass is 333 g/mol. The van der Waals surface area contributed by atoms with E-state index in [0.29, 0.717) is 5.56 Å². The Bertz CT molecular complexity index is 649. The fourth-order valence-corrected chi connectivity index (χ4v) is 3.24. The summed E-state index contributed by atoms with van der Waals surface area (Å²) in [5, 5.41) is 12.1. The van der Waals surface area contributed by atoms with E-state index in [9.17, 15) is 14.7 Å². The summed E-state index contributed by atoms with van der Waals surface area (Å²) in [6, 6.07) is 5.78. The standard InChI is InChI=1S/C19H27NO4/c1-18(2)8-9-19(3,4)14-10-12(6-7-13(14)18)16(22)20-11-15(21)17(23)24-5/h6-7,10,15,21H,8-9,11H2,1-5H3,(H,20,22)/t15-/m0/s1. The first kappa shape index (κ1) is 18.5. The maximum atomic E-state index is 12.3. The molecule has 1 aliphatic rings. The normalized spacial score (nSPS) is 19.1. The quantitative estimate of drug-likeness (QED) is 0.829. The molecule has 2 rings (SSSR count). The van der Waals surface area contributed by atoms with Gasteiger partial charge in [-0.3, -0.25) is 4.79 Å². The van der Waals surface area contributed by atoms with Gasteiger partial charge in [0.2, 0.25) is 0 Å². The summed E-state index contributed by atoms with van der Waals surface area (Å²) in [6.07, 6.45) is 0.829. The van der Waals surface area contributed by atoms with Crippen molar-refractivity contribution >= 4 is 11.9 Å². The number of esters is 1. The van der Waals surface area contributed by atoms with Crippen LogP contribution in [0, 0.1) is 0 Å². The predicted molar refractivity (Wildman–Crippen MR) is 92.1 cm³/mol. The lowest BCUT2D eigenvalue weighted by molar-refractivity contribution is -0.149. The fourth-order valence-electron chi connectivity index (χ4n) is 3.24. The van der Waals surface area contributed by atoms with Crippen LogP contribution in [-0.2, 0) is 20.4 Å². The van der Waals surface area contributed by atoms with Gasteiger partial charge in [-0.25, -0.2) is 4.79 Å². The number of aliphatic hydroxyl groups is 1. The van der Waals surface area contributed by atoms with Crippen LogP contribution in [0.4, 0.5) is 0 Å². The predicted octanol–water partition coefficient (Wildman–Crippen LogP) is 2.30. The Labute approximate surface area is 143 Å². The molecule has 5 nitrogen and oxygen atoms in total. The molecule has 1 aliphatic carbocycles. The summed E-state index contributed by atoms with van der Waals surface area (Å²) in [6.45, 7) is 8.69. The van der Waals surface area contributed by atoms with Crippen LogP contribution in [0.2, 0.25) is 0 Å². The largest absolute Gasteiger partial charge is 0.467 e. The summed E-state index contributed by atoms with van der Waals surface area (Å²) in [4.78, 5) is 23.5. The minimum atomic E-state index is -1.35. The van der Waals surface area contributed by atoms with Crippen molar-refractivity contribution < 1.29 is 19.4 Å². The Morgan fingerprint density at radius 3 is 2.33 bits per heavy atom. The molecule has 1 aromatic rings. The van der Waals surface area contributed by atoms with Crippen LogP contribution in [0.15, 0.2) is 18.2 Å². The number of aliphatic hydroxyl groups excluding tert-OH is 1. The molecule has 0 saturated carbocycles. The minimum absolute atomic E-state index is 0.0205. The molecule has 0 aromatic heterocycles. The summed E-state index contributed by atoms with van der Waals surface area (Å²) in [7, 11) is 1.20. The zero-order chi connectivity index (χ0) is 18.1. The van der Waals surface area contributed by atoms with Gasteiger partial charge in [0.05, 0.1) is 13.7 Å². The highest BCUT2D eigenvalue weighted by molar-refractivity contribution is 5.95. The fraction of sp³-hybridized carbons (Fsp3) is 0.579. The van der Waals surface area contributed by atoms with Gasteiger partial charge < -0.3 is 15.2 Å². The number of carbonyl (C=O) groups is 2. The molecule has 0 unspecified atom stereocenters. The number of fused-ring (bicyclic) bond motifs is 1. The van der Waals surface area contributed by atoms with Crippen molar-refractivity contribution in [3.05, 3.63) is 34.9 Å². The Balaban J connectivity index is 2.21. The SMILES string of the molecule is COC(=O)[C@@H](O)CNC(=O)c1ccc2c(c1)C(C)(C)CCC2(C)C. The maximum absolute atomic E-state index is 12.3. The Kier molecular flexibility index (Phi) is 5.04. The molecule has 0 heterocycles. The molecule has 132 valence electrons. The number of hydrogen-bond donors (Lipinski definition) is 2. The zero-order valence-corrected chi connectivity index (χ0v) is 15.1. The second-order valence-corrected chi connectivity index (χ2v) is 7.78. The van der Waals surface area contributed by atoms with E-state index in [1.54, 1.807) is 0 Å². The third-order valence-corrected chi connectivity index (χ3v) is 5.04. The van der Waals surface area contributed by atoms with E-state index in [2.05, 4.69) is 37.7 Å². The van der Waals surface area contributed by atoms with E-state index in [1.807, 2.05) is 18.2 Å². The molecule has 0 radical (unpaired) electrons. The third-order valence-electron chi connectivity index (χ3n) is 5.04. The zero-order valence-electron chi connectivity index (χ0n) is 15.1. The highest BCUT2D eigenvalue weighted by atomic mass is 16.5. The van der Waals surface area contributed by atoms with Crippen molar-refractivity contribution in [2.24, 2.45) is 0 Å².